The van der Waals surface area contributed by atoms with Crippen LogP contribution in [-0.2, 0) is 6.18 Å². The van der Waals surface area contributed by atoms with Crippen molar-refractivity contribution in [2.75, 3.05) is 0 Å². The van der Waals surface area contributed by atoms with Crippen molar-refractivity contribution < 1.29 is 23.1 Å². The number of aromatic nitrogens is 1. The fraction of sp³-hybridized carbons (Fsp3) is 0.0909. The number of aromatic carboxylic acids is 1. The Morgan fingerprint density at radius 2 is 1.94 bits per heavy atom. The van der Waals surface area contributed by atoms with Gasteiger partial charge in [-0.3, -0.25) is 4.98 Å². The SMILES string of the molecule is O=C(O)c1ccnc2cccc(C(F)(F)F)c12. The summed E-state index contributed by atoms with van der Waals surface area (Å²) in [5.74, 6) is -1.41. The molecule has 2 aromatic rings. The van der Waals surface area contributed by atoms with Crippen molar-refractivity contribution in [3.8, 4) is 0 Å². The maximum absolute atomic E-state index is 12.7. The number of hydrogen-bond donors (Lipinski definition) is 1. The predicted molar refractivity (Wildman–Crippen MR) is 53.7 cm³/mol. The third-order valence-electron chi connectivity index (χ3n) is 2.30. The summed E-state index contributed by atoms with van der Waals surface area (Å²) in [5, 5.41) is 8.50. The smallest absolute Gasteiger partial charge is 0.417 e. The summed E-state index contributed by atoms with van der Waals surface area (Å²) in [6.07, 6.45) is -3.43. The first-order chi connectivity index (χ1) is 7.91. The van der Waals surface area contributed by atoms with E-state index in [2.05, 4.69) is 4.98 Å². The van der Waals surface area contributed by atoms with Crippen LogP contribution < -0.4 is 0 Å². The molecule has 2 rings (SSSR count). The Kier molecular flexibility index (Phi) is 2.49. The number of carboxylic acid groups (broad SMARTS) is 1. The topological polar surface area (TPSA) is 50.2 Å². The largest absolute Gasteiger partial charge is 0.478 e. The first kappa shape index (κ1) is 11.4. The summed E-state index contributed by atoms with van der Waals surface area (Å²) in [7, 11) is 0. The third-order valence-corrected chi connectivity index (χ3v) is 2.30. The molecule has 0 aliphatic rings. The van der Waals surface area contributed by atoms with E-state index in [9.17, 15) is 18.0 Å². The number of carbonyl (C=O) groups is 1. The van der Waals surface area contributed by atoms with Crippen molar-refractivity contribution in [1.82, 2.24) is 4.98 Å². The second-order valence-corrected chi connectivity index (χ2v) is 3.36. The normalized spacial score (nSPS) is 11.7. The van der Waals surface area contributed by atoms with Gasteiger partial charge in [-0.15, -0.1) is 0 Å². The number of fused-ring (bicyclic) bond motifs is 1. The molecule has 0 unspecified atom stereocenters. The van der Waals surface area contributed by atoms with E-state index >= 15 is 0 Å². The fourth-order valence-corrected chi connectivity index (χ4v) is 1.62. The molecule has 1 N–H and O–H groups in total. The van der Waals surface area contributed by atoms with E-state index in [4.69, 9.17) is 5.11 Å². The van der Waals surface area contributed by atoms with Crippen molar-refractivity contribution in [2.24, 2.45) is 0 Å². The van der Waals surface area contributed by atoms with E-state index in [0.717, 1.165) is 12.1 Å². The van der Waals surface area contributed by atoms with Crippen LogP contribution in [0.4, 0.5) is 13.2 Å². The van der Waals surface area contributed by atoms with Crippen LogP contribution in [0.3, 0.4) is 0 Å². The Bertz CT molecular complexity index is 588. The predicted octanol–water partition coefficient (Wildman–Crippen LogP) is 2.95. The van der Waals surface area contributed by atoms with Gasteiger partial charge < -0.3 is 5.11 Å². The zero-order valence-corrected chi connectivity index (χ0v) is 8.32. The number of pyridine rings is 1. The van der Waals surface area contributed by atoms with Gasteiger partial charge in [0.2, 0.25) is 0 Å². The minimum Gasteiger partial charge on any atom is -0.478 e. The van der Waals surface area contributed by atoms with Crippen LogP contribution in [0.1, 0.15) is 15.9 Å². The third kappa shape index (κ3) is 1.93. The van der Waals surface area contributed by atoms with Gasteiger partial charge in [-0.1, -0.05) is 6.07 Å². The molecule has 0 bridgehead atoms. The van der Waals surface area contributed by atoms with Crippen LogP contribution in [0.15, 0.2) is 30.5 Å². The molecule has 1 aromatic carbocycles. The molecule has 1 heterocycles. The number of carboxylic acids is 1. The van der Waals surface area contributed by atoms with Gasteiger partial charge in [0.1, 0.15) is 0 Å². The Morgan fingerprint density at radius 1 is 1.24 bits per heavy atom. The first-order valence-electron chi connectivity index (χ1n) is 4.59. The molecule has 0 spiro atoms. The van der Waals surface area contributed by atoms with Gasteiger partial charge in [0.15, 0.2) is 0 Å². The molecule has 0 saturated heterocycles. The van der Waals surface area contributed by atoms with E-state index in [1.54, 1.807) is 0 Å². The maximum atomic E-state index is 12.7. The zero-order chi connectivity index (χ0) is 12.6. The number of benzene rings is 1. The lowest BCUT2D eigenvalue weighted by Crippen LogP contribution is -2.09. The number of halogens is 3. The van der Waals surface area contributed by atoms with Crippen LogP contribution in [0.5, 0.6) is 0 Å². The first-order valence-corrected chi connectivity index (χ1v) is 4.59. The van der Waals surface area contributed by atoms with Gasteiger partial charge in [-0.2, -0.15) is 13.2 Å². The minimum atomic E-state index is -4.60. The second kappa shape index (κ2) is 3.73. The highest BCUT2D eigenvalue weighted by Crippen LogP contribution is 2.35. The summed E-state index contributed by atoms with van der Waals surface area (Å²) in [6, 6.07) is 4.44. The van der Waals surface area contributed by atoms with Crippen molar-refractivity contribution in [2.45, 2.75) is 6.18 Å². The van der Waals surface area contributed by atoms with E-state index in [-0.39, 0.29) is 10.9 Å². The van der Waals surface area contributed by atoms with Crippen molar-refractivity contribution in [3.05, 3.63) is 41.6 Å². The second-order valence-electron chi connectivity index (χ2n) is 3.36. The molecule has 88 valence electrons. The van der Waals surface area contributed by atoms with Gasteiger partial charge in [0.05, 0.1) is 16.6 Å². The maximum Gasteiger partial charge on any atom is 0.417 e. The van der Waals surface area contributed by atoms with Crippen molar-refractivity contribution >= 4 is 16.9 Å². The molecule has 0 aliphatic carbocycles. The Balaban J connectivity index is 2.90. The number of nitrogens with zero attached hydrogens (tertiary/aromatic N) is 1. The lowest BCUT2D eigenvalue weighted by Gasteiger charge is -2.11. The molecule has 17 heavy (non-hydrogen) atoms. The number of hydrogen-bond acceptors (Lipinski definition) is 2. The Labute approximate surface area is 93.5 Å². The minimum absolute atomic E-state index is 0.0136. The van der Waals surface area contributed by atoms with E-state index in [1.807, 2.05) is 0 Å². The van der Waals surface area contributed by atoms with Crippen LogP contribution in [0, 0.1) is 0 Å². The summed E-state index contributed by atoms with van der Waals surface area (Å²) < 4.78 is 38.2. The van der Waals surface area contributed by atoms with Gasteiger partial charge in [0, 0.05) is 11.6 Å². The highest BCUT2D eigenvalue weighted by molar-refractivity contribution is 6.03. The standard InChI is InChI=1S/C11H6F3NO2/c12-11(13,14)7-2-1-3-8-9(7)6(10(16)17)4-5-15-8/h1-5H,(H,16,17). The molecule has 0 atom stereocenters. The van der Waals surface area contributed by atoms with Gasteiger partial charge in [0.25, 0.3) is 0 Å². The molecular weight excluding hydrogens is 235 g/mol. The molecular formula is C11H6F3NO2. The fourth-order valence-electron chi connectivity index (χ4n) is 1.62. The highest BCUT2D eigenvalue weighted by atomic mass is 19.4. The Hall–Kier alpha value is -2.11. The van der Waals surface area contributed by atoms with E-state index in [1.165, 1.54) is 18.3 Å². The molecule has 0 saturated carbocycles. The van der Waals surface area contributed by atoms with Crippen LogP contribution in [-0.4, -0.2) is 16.1 Å². The monoisotopic (exact) mass is 241 g/mol. The Morgan fingerprint density at radius 3 is 2.53 bits per heavy atom. The number of alkyl halides is 3. The molecule has 0 aliphatic heterocycles. The summed E-state index contributed by atoms with van der Waals surface area (Å²) >= 11 is 0. The van der Waals surface area contributed by atoms with Gasteiger partial charge in [-0.05, 0) is 18.2 Å². The van der Waals surface area contributed by atoms with E-state index < -0.39 is 23.3 Å². The molecule has 0 amide bonds. The average molecular weight is 241 g/mol. The van der Waals surface area contributed by atoms with Crippen LogP contribution >= 0.6 is 0 Å². The molecule has 0 radical (unpaired) electrons. The average Bonchev–Trinajstić information content (AvgIpc) is 2.26. The lowest BCUT2D eigenvalue weighted by molar-refractivity contribution is -0.136. The van der Waals surface area contributed by atoms with Crippen LogP contribution in [0.2, 0.25) is 0 Å². The quantitative estimate of drug-likeness (QED) is 0.835. The lowest BCUT2D eigenvalue weighted by atomic mass is 10.0. The molecule has 1 aromatic heterocycles. The number of rotatable bonds is 1. The summed E-state index contributed by atoms with van der Waals surface area (Å²) in [4.78, 5) is 14.6. The van der Waals surface area contributed by atoms with Crippen molar-refractivity contribution in [1.29, 1.82) is 0 Å². The van der Waals surface area contributed by atoms with Gasteiger partial charge in [-0.25, -0.2) is 4.79 Å². The van der Waals surface area contributed by atoms with Gasteiger partial charge >= 0.3 is 12.1 Å². The molecule has 6 heteroatoms. The summed E-state index contributed by atoms with van der Waals surface area (Å²) in [6.45, 7) is 0. The zero-order valence-electron chi connectivity index (χ0n) is 8.32. The molecule has 0 fully saturated rings. The summed E-state index contributed by atoms with van der Waals surface area (Å²) in [5.41, 5.74) is -1.37. The van der Waals surface area contributed by atoms with E-state index in [0.29, 0.717) is 0 Å². The van der Waals surface area contributed by atoms with Crippen molar-refractivity contribution in [3.63, 3.8) is 0 Å². The highest BCUT2D eigenvalue weighted by Gasteiger charge is 2.34. The molecule has 3 nitrogen and oxygen atoms in total. The van der Waals surface area contributed by atoms with Crippen LogP contribution in [0.25, 0.3) is 10.9 Å².